The van der Waals surface area contributed by atoms with Crippen LogP contribution in [0.2, 0.25) is 0 Å². The van der Waals surface area contributed by atoms with Crippen molar-refractivity contribution in [3.05, 3.63) is 17.7 Å². The Morgan fingerprint density at radius 1 is 1.17 bits per heavy atom. The molecule has 0 atom stereocenters. The molecule has 0 bridgehead atoms. The second-order valence-corrected chi connectivity index (χ2v) is 4.67. The van der Waals surface area contributed by atoms with E-state index >= 15 is 0 Å². The number of methoxy groups -OCH3 is 3. The van der Waals surface area contributed by atoms with Crippen LogP contribution in [0.1, 0.15) is 12.5 Å². The van der Waals surface area contributed by atoms with E-state index in [0.29, 0.717) is 41.8 Å². The molecule has 1 rings (SSSR count). The molecular weight excluding hydrogens is 298 g/mol. The molecule has 0 amide bonds. The smallest absolute Gasteiger partial charge is 0.162 e. The third-order valence-electron chi connectivity index (χ3n) is 3.07. The number of hydrogen-bond donors (Lipinski definition) is 1. The van der Waals surface area contributed by atoms with E-state index in [1.165, 1.54) is 0 Å². The zero-order valence-corrected chi connectivity index (χ0v) is 14.3. The highest BCUT2D eigenvalue weighted by atomic mass is 16.6. The zero-order chi connectivity index (χ0) is 17.2. The van der Waals surface area contributed by atoms with Crippen LogP contribution in [0.15, 0.2) is 22.1 Å². The third-order valence-corrected chi connectivity index (χ3v) is 3.07. The van der Waals surface area contributed by atoms with Crippen molar-refractivity contribution in [3.8, 4) is 11.5 Å². The van der Waals surface area contributed by atoms with Crippen LogP contribution in [0.25, 0.3) is 0 Å². The topological polar surface area (TPSA) is 87.7 Å². The molecule has 0 heterocycles. The maximum atomic E-state index is 5.96. The maximum absolute atomic E-state index is 5.96. The van der Waals surface area contributed by atoms with Gasteiger partial charge in [0.2, 0.25) is 0 Å². The Kier molecular flexibility index (Phi) is 8.07. The van der Waals surface area contributed by atoms with Crippen LogP contribution in [0.3, 0.4) is 0 Å². The lowest BCUT2D eigenvalue weighted by molar-refractivity contribution is 0.0232. The van der Waals surface area contributed by atoms with Gasteiger partial charge in [0.1, 0.15) is 11.9 Å². The molecule has 7 nitrogen and oxygen atoms in total. The number of rotatable bonds is 9. The lowest BCUT2D eigenvalue weighted by Crippen LogP contribution is -2.28. The van der Waals surface area contributed by atoms with Crippen LogP contribution in [-0.2, 0) is 9.47 Å². The second kappa shape index (κ2) is 9.81. The molecule has 0 unspecified atom stereocenters. The third kappa shape index (κ3) is 5.22. The molecular formula is C16H25N3O4. The molecule has 0 spiro atoms. The molecule has 1 aromatic carbocycles. The van der Waals surface area contributed by atoms with Gasteiger partial charge in [0.15, 0.2) is 11.5 Å². The fraction of sp³-hybridized carbons (Fsp3) is 0.500. The average molecular weight is 323 g/mol. The van der Waals surface area contributed by atoms with E-state index in [4.69, 9.17) is 24.7 Å². The van der Waals surface area contributed by atoms with Crippen LogP contribution in [-0.4, -0.2) is 59.7 Å². The number of ether oxygens (including phenoxy) is 4. The Bertz CT molecular complexity index is 553. The zero-order valence-electron chi connectivity index (χ0n) is 14.3. The number of nitrogens with two attached hydrogens (primary N) is 1. The minimum atomic E-state index is -0.271. The van der Waals surface area contributed by atoms with E-state index in [2.05, 4.69) is 9.98 Å². The van der Waals surface area contributed by atoms with Gasteiger partial charge in [-0.1, -0.05) is 0 Å². The van der Waals surface area contributed by atoms with Gasteiger partial charge in [-0.25, -0.2) is 0 Å². The Balaban J connectivity index is 3.29. The first kappa shape index (κ1) is 18.9. The summed E-state index contributed by atoms with van der Waals surface area (Å²) in [6, 6.07) is 3.53. The summed E-state index contributed by atoms with van der Waals surface area (Å²) in [5, 5.41) is 0. The number of amidine groups is 1. The Labute approximate surface area is 137 Å². The van der Waals surface area contributed by atoms with Gasteiger partial charge < -0.3 is 24.7 Å². The van der Waals surface area contributed by atoms with Gasteiger partial charge in [0.05, 0.1) is 26.0 Å². The highest BCUT2D eigenvalue weighted by Crippen LogP contribution is 2.35. The van der Waals surface area contributed by atoms with E-state index in [9.17, 15) is 0 Å². The average Bonchev–Trinajstić information content (AvgIpc) is 2.55. The molecule has 0 fully saturated rings. The summed E-state index contributed by atoms with van der Waals surface area (Å²) in [7, 11) is 6.41. The van der Waals surface area contributed by atoms with Crippen LogP contribution < -0.4 is 15.2 Å². The lowest BCUT2D eigenvalue weighted by Gasteiger charge is -2.20. The minimum absolute atomic E-state index is 0.271. The number of benzene rings is 1. The number of hydrogen-bond acceptors (Lipinski definition) is 6. The first-order chi connectivity index (χ1) is 11.1. The molecule has 0 aromatic heterocycles. The standard InChI is InChI=1S/C16H25N3O4/c1-6-19-13-8-14(22-5)15(7-12(13)16(17)18-2)23-11(9-20-3)10-21-4/h6-8,11H,9-10H2,1-5H3,(H2,17,18)/b19-6+. The molecule has 23 heavy (non-hydrogen) atoms. The van der Waals surface area contributed by atoms with Crippen molar-refractivity contribution in [3.63, 3.8) is 0 Å². The summed E-state index contributed by atoms with van der Waals surface area (Å²) >= 11 is 0. The molecule has 0 aliphatic carbocycles. The van der Waals surface area contributed by atoms with Gasteiger partial charge >= 0.3 is 0 Å². The SMILES string of the molecule is C/C=N/c1cc(OC)c(OC(COC)COC)cc1/C(N)=N\C. The largest absolute Gasteiger partial charge is 0.493 e. The maximum Gasteiger partial charge on any atom is 0.162 e. The van der Waals surface area contributed by atoms with Crippen LogP contribution in [0, 0.1) is 0 Å². The summed E-state index contributed by atoms with van der Waals surface area (Å²) in [4.78, 5) is 8.33. The van der Waals surface area contributed by atoms with Gasteiger partial charge in [-0.05, 0) is 13.0 Å². The number of nitrogens with zero attached hydrogens (tertiary/aromatic N) is 2. The second-order valence-electron chi connectivity index (χ2n) is 4.67. The monoisotopic (exact) mass is 323 g/mol. The first-order valence-electron chi connectivity index (χ1n) is 7.19. The van der Waals surface area contributed by atoms with Crippen LogP contribution >= 0.6 is 0 Å². The van der Waals surface area contributed by atoms with Crippen molar-refractivity contribution in [2.45, 2.75) is 13.0 Å². The van der Waals surface area contributed by atoms with E-state index in [1.54, 1.807) is 46.7 Å². The van der Waals surface area contributed by atoms with Crippen molar-refractivity contribution in [2.75, 3.05) is 41.6 Å². The van der Waals surface area contributed by atoms with Gasteiger partial charge in [-0.3, -0.25) is 9.98 Å². The minimum Gasteiger partial charge on any atom is -0.493 e. The van der Waals surface area contributed by atoms with E-state index in [1.807, 2.05) is 6.92 Å². The molecule has 0 radical (unpaired) electrons. The summed E-state index contributed by atoms with van der Waals surface area (Å²) in [6.45, 7) is 2.60. The summed E-state index contributed by atoms with van der Waals surface area (Å²) in [5.74, 6) is 1.45. The van der Waals surface area contributed by atoms with Crippen LogP contribution in [0.5, 0.6) is 11.5 Å². The predicted molar refractivity (Wildman–Crippen MR) is 91.6 cm³/mol. The molecule has 2 N–H and O–H groups in total. The molecule has 7 heteroatoms. The van der Waals surface area contributed by atoms with Crippen molar-refractivity contribution >= 4 is 17.7 Å². The molecule has 0 aliphatic rings. The van der Waals surface area contributed by atoms with Gasteiger partial charge in [-0.15, -0.1) is 0 Å². The quantitative estimate of drug-likeness (QED) is 0.553. The van der Waals surface area contributed by atoms with Crippen molar-refractivity contribution in [1.29, 1.82) is 0 Å². The first-order valence-corrected chi connectivity index (χ1v) is 7.19. The fourth-order valence-electron chi connectivity index (χ4n) is 2.04. The summed E-state index contributed by atoms with van der Waals surface area (Å²) in [5.41, 5.74) is 7.30. The molecule has 0 saturated heterocycles. The van der Waals surface area contributed by atoms with Crippen molar-refractivity contribution in [1.82, 2.24) is 0 Å². The van der Waals surface area contributed by atoms with Gasteiger partial charge in [0.25, 0.3) is 0 Å². The predicted octanol–water partition coefficient (Wildman–Crippen LogP) is 1.79. The normalized spacial score (nSPS) is 12.2. The molecule has 1 aromatic rings. The molecule has 0 saturated carbocycles. The molecule has 0 aliphatic heterocycles. The van der Waals surface area contributed by atoms with E-state index in [0.717, 1.165) is 0 Å². The van der Waals surface area contributed by atoms with E-state index < -0.39 is 0 Å². The van der Waals surface area contributed by atoms with Crippen molar-refractivity contribution in [2.24, 2.45) is 15.7 Å². The number of aliphatic imine (C=N–C) groups is 2. The Morgan fingerprint density at radius 2 is 1.83 bits per heavy atom. The summed E-state index contributed by atoms with van der Waals surface area (Å²) in [6.07, 6.45) is 1.41. The van der Waals surface area contributed by atoms with Crippen molar-refractivity contribution < 1.29 is 18.9 Å². The Hall–Kier alpha value is -2.12. The Morgan fingerprint density at radius 3 is 2.30 bits per heavy atom. The summed E-state index contributed by atoms with van der Waals surface area (Å²) < 4.78 is 21.6. The fourth-order valence-corrected chi connectivity index (χ4v) is 2.04. The highest BCUT2D eigenvalue weighted by Gasteiger charge is 2.18. The highest BCUT2D eigenvalue weighted by molar-refractivity contribution is 6.03. The van der Waals surface area contributed by atoms with E-state index in [-0.39, 0.29) is 6.10 Å². The lowest BCUT2D eigenvalue weighted by atomic mass is 10.1. The van der Waals surface area contributed by atoms with Gasteiger partial charge in [0, 0.05) is 39.1 Å². The van der Waals surface area contributed by atoms with Gasteiger partial charge in [-0.2, -0.15) is 0 Å². The van der Waals surface area contributed by atoms with Crippen LogP contribution in [0.4, 0.5) is 5.69 Å². The molecule has 128 valence electrons.